The monoisotopic (exact) mass is 346 g/mol. The minimum absolute atomic E-state index is 0.00836. The standard InChI is InChI=1S/C22H22N2O2/c25-21(23-13-7-2-8-14-23)16-24-15-19(18-11-5-6-12-20(18)24)22(26)17-9-3-1-4-10-17/h1,3-6,9-12,15H,2,7-8,13-14,16H2. The number of carbonyl (C=O) groups excluding carboxylic acids is 2. The summed E-state index contributed by atoms with van der Waals surface area (Å²) < 4.78 is 1.92. The van der Waals surface area contributed by atoms with E-state index in [1.54, 1.807) is 0 Å². The topological polar surface area (TPSA) is 42.3 Å². The molecular weight excluding hydrogens is 324 g/mol. The predicted molar refractivity (Wildman–Crippen MR) is 102 cm³/mol. The van der Waals surface area contributed by atoms with Crippen molar-refractivity contribution in [2.24, 2.45) is 0 Å². The van der Waals surface area contributed by atoms with Gasteiger partial charge in [0.2, 0.25) is 5.91 Å². The second-order valence-corrected chi connectivity index (χ2v) is 6.82. The van der Waals surface area contributed by atoms with Gasteiger partial charge in [0.05, 0.1) is 0 Å². The maximum Gasteiger partial charge on any atom is 0.242 e. The molecule has 4 nitrogen and oxygen atoms in total. The Balaban J connectivity index is 1.68. The van der Waals surface area contributed by atoms with Crippen LogP contribution in [0.4, 0.5) is 0 Å². The SMILES string of the molecule is O=C(c1ccccc1)c1cn(CC(=O)N2CCCCC2)c2ccccc12. The highest BCUT2D eigenvalue weighted by Gasteiger charge is 2.20. The molecule has 0 atom stereocenters. The van der Waals surface area contributed by atoms with Gasteiger partial charge < -0.3 is 9.47 Å². The third kappa shape index (κ3) is 3.15. The smallest absolute Gasteiger partial charge is 0.242 e. The Morgan fingerprint density at radius 3 is 2.31 bits per heavy atom. The van der Waals surface area contributed by atoms with Crippen LogP contribution in [0.15, 0.2) is 60.8 Å². The number of likely N-dealkylation sites (tertiary alicyclic amines) is 1. The highest BCUT2D eigenvalue weighted by molar-refractivity contribution is 6.16. The fourth-order valence-corrected chi connectivity index (χ4v) is 3.69. The van der Waals surface area contributed by atoms with Crippen LogP contribution in [-0.4, -0.2) is 34.2 Å². The number of rotatable bonds is 4. The molecular formula is C22H22N2O2. The van der Waals surface area contributed by atoms with Gasteiger partial charge in [0.1, 0.15) is 6.54 Å². The molecule has 1 fully saturated rings. The molecule has 1 saturated heterocycles. The van der Waals surface area contributed by atoms with E-state index < -0.39 is 0 Å². The number of aromatic nitrogens is 1. The molecule has 0 bridgehead atoms. The molecule has 0 unspecified atom stereocenters. The van der Waals surface area contributed by atoms with Crippen molar-refractivity contribution in [2.75, 3.05) is 13.1 Å². The van der Waals surface area contributed by atoms with E-state index in [9.17, 15) is 9.59 Å². The minimum Gasteiger partial charge on any atom is -0.341 e. The summed E-state index contributed by atoms with van der Waals surface area (Å²) in [6, 6.07) is 17.1. The Bertz CT molecular complexity index is 937. The average molecular weight is 346 g/mol. The first-order valence-electron chi connectivity index (χ1n) is 9.19. The van der Waals surface area contributed by atoms with Crippen molar-refractivity contribution in [1.29, 1.82) is 0 Å². The van der Waals surface area contributed by atoms with Crippen LogP contribution >= 0.6 is 0 Å². The molecule has 1 amide bonds. The van der Waals surface area contributed by atoms with Crippen molar-refractivity contribution in [1.82, 2.24) is 9.47 Å². The van der Waals surface area contributed by atoms with E-state index in [4.69, 9.17) is 0 Å². The summed E-state index contributed by atoms with van der Waals surface area (Å²) in [5.41, 5.74) is 2.24. The Hall–Kier alpha value is -2.88. The molecule has 1 aliphatic heterocycles. The lowest BCUT2D eigenvalue weighted by atomic mass is 10.0. The van der Waals surface area contributed by atoms with E-state index in [-0.39, 0.29) is 18.2 Å². The normalized spacial score (nSPS) is 14.5. The molecule has 132 valence electrons. The lowest BCUT2D eigenvalue weighted by Gasteiger charge is -2.27. The van der Waals surface area contributed by atoms with E-state index >= 15 is 0 Å². The third-order valence-corrected chi connectivity index (χ3v) is 5.08. The molecule has 1 aliphatic rings. The van der Waals surface area contributed by atoms with Crippen LogP contribution in [0.1, 0.15) is 35.2 Å². The number of para-hydroxylation sites is 1. The molecule has 26 heavy (non-hydrogen) atoms. The molecule has 0 spiro atoms. The van der Waals surface area contributed by atoms with Gasteiger partial charge in [-0.25, -0.2) is 0 Å². The summed E-state index contributed by atoms with van der Waals surface area (Å²) >= 11 is 0. The molecule has 3 aromatic rings. The van der Waals surface area contributed by atoms with Crippen LogP contribution in [0.25, 0.3) is 10.9 Å². The summed E-state index contributed by atoms with van der Waals surface area (Å²) in [5.74, 6) is 0.120. The van der Waals surface area contributed by atoms with Crippen LogP contribution in [0.3, 0.4) is 0 Å². The first-order valence-corrected chi connectivity index (χ1v) is 9.19. The Morgan fingerprint density at radius 1 is 0.846 bits per heavy atom. The number of carbonyl (C=O) groups is 2. The van der Waals surface area contributed by atoms with E-state index in [0.717, 1.165) is 36.8 Å². The number of piperidine rings is 1. The molecule has 4 heteroatoms. The van der Waals surface area contributed by atoms with E-state index in [0.29, 0.717) is 11.1 Å². The molecule has 2 heterocycles. The molecule has 0 aliphatic carbocycles. The second kappa shape index (κ2) is 7.16. The molecule has 2 aromatic carbocycles. The molecule has 0 radical (unpaired) electrons. The lowest BCUT2D eigenvalue weighted by molar-refractivity contribution is -0.132. The summed E-state index contributed by atoms with van der Waals surface area (Å²) in [5, 5.41) is 0.896. The second-order valence-electron chi connectivity index (χ2n) is 6.82. The van der Waals surface area contributed by atoms with Crippen LogP contribution in [0.2, 0.25) is 0 Å². The van der Waals surface area contributed by atoms with Crippen LogP contribution in [0.5, 0.6) is 0 Å². The number of benzene rings is 2. The minimum atomic E-state index is -0.00836. The highest BCUT2D eigenvalue weighted by atomic mass is 16.2. The zero-order chi connectivity index (χ0) is 17.9. The summed E-state index contributed by atoms with van der Waals surface area (Å²) in [4.78, 5) is 27.6. The van der Waals surface area contributed by atoms with Crippen LogP contribution < -0.4 is 0 Å². The summed E-state index contributed by atoms with van der Waals surface area (Å²) in [6.45, 7) is 1.96. The van der Waals surface area contributed by atoms with Gasteiger partial charge in [0, 0.05) is 41.3 Å². The molecule has 0 saturated carbocycles. The van der Waals surface area contributed by atoms with Gasteiger partial charge in [0.25, 0.3) is 0 Å². The van der Waals surface area contributed by atoms with Gasteiger partial charge in [-0.1, -0.05) is 48.5 Å². The molecule has 1 aromatic heterocycles. The highest BCUT2D eigenvalue weighted by Crippen LogP contribution is 2.24. The first-order chi connectivity index (χ1) is 12.7. The van der Waals surface area contributed by atoms with E-state index in [1.165, 1.54) is 6.42 Å². The lowest BCUT2D eigenvalue weighted by Crippen LogP contribution is -2.37. The van der Waals surface area contributed by atoms with Gasteiger partial charge in [-0.15, -0.1) is 0 Å². The third-order valence-electron chi connectivity index (χ3n) is 5.08. The van der Waals surface area contributed by atoms with Gasteiger partial charge in [-0.3, -0.25) is 9.59 Å². The molecule has 0 N–H and O–H groups in total. The van der Waals surface area contributed by atoms with Crippen molar-refractivity contribution < 1.29 is 9.59 Å². The van der Waals surface area contributed by atoms with Gasteiger partial charge in [0.15, 0.2) is 5.78 Å². The predicted octanol–water partition coefficient (Wildman–Crippen LogP) is 3.88. The van der Waals surface area contributed by atoms with E-state index in [1.807, 2.05) is 70.3 Å². The Kier molecular flexibility index (Phi) is 4.57. The zero-order valence-corrected chi connectivity index (χ0v) is 14.7. The van der Waals surface area contributed by atoms with Gasteiger partial charge in [-0.2, -0.15) is 0 Å². The van der Waals surface area contributed by atoms with Crippen molar-refractivity contribution in [3.63, 3.8) is 0 Å². The number of amides is 1. The number of fused-ring (bicyclic) bond motifs is 1. The fraction of sp³-hybridized carbons (Fsp3) is 0.273. The van der Waals surface area contributed by atoms with Crippen LogP contribution in [0, 0.1) is 0 Å². The van der Waals surface area contributed by atoms with Crippen molar-refractivity contribution in [2.45, 2.75) is 25.8 Å². The van der Waals surface area contributed by atoms with Gasteiger partial charge >= 0.3 is 0 Å². The average Bonchev–Trinajstić information content (AvgIpc) is 3.07. The summed E-state index contributed by atoms with van der Waals surface area (Å²) in [7, 11) is 0. The van der Waals surface area contributed by atoms with E-state index in [2.05, 4.69) is 0 Å². The maximum absolute atomic E-state index is 13.0. The van der Waals surface area contributed by atoms with Crippen LogP contribution in [-0.2, 0) is 11.3 Å². The summed E-state index contributed by atoms with van der Waals surface area (Å²) in [6.07, 6.45) is 5.19. The number of nitrogens with zero attached hydrogens (tertiary/aromatic N) is 2. The number of hydrogen-bond acceptors (Lipinski definition) is 2. The fourth-order valence-electron chi connectivity index (χ4n) is 3.69. The Morgan fingerprint density at radius 2 is 1.54 bits per heavy atom. The first kappa shape index (κ1) is 16.6. The zero-order valence-electron chi connectivity index (χ0n) is 14.7. The van der Waals surface area contributed by atoms with Crippen molar-refractivity contribution >= 4 is 22.6 Å². The largest absolute Gasteiger partial charge is 0.341 e. The van der Waals surface area contributed by atoms with Crippen molar-refractivity contribution in [3.05, 3.63) is 71.9 Å². The number of ketones is 1. The van der Waals surface area contributed by atoms with Gasteiger partial charge in [-0.05, 0) is 25.3 Å². The Labute approximate surface area is 153 Å². The maximum atomic E-state index is 13.0. The quantitative estimate of drug-likeness (QED) is 0.673. The molecule has 4 rings (SSSR count). The number of hydrogen-bond donors (Lipinski definition) is 0. The van der Waals surface area contributed by atoms with Crippen molar-refractivity contribution in [3.8, 4) is 0 Å².